The summed E-state index contributed by atoms with van der Waals surface area (Å²) in [5, 5.41) is 0. The summed E-state index contributed by atoms with van der Waals surface area (Å²) < 4.78 is 14.0. The van der Waals surface area contributed by atoms with Gasteiger partial charge in [-0.1, -0.05) is 25.1 Å². The molecule has 0 amide bonds. The van der Waals surface area contributed by atoms with Gasteiger partial charge in [0.15, 0.2) is 0 Å². The molecule has 1 aromatic carbocycles. The minimum Gasteiger partial charge on any atom is -0.207 e. The van der Waals surface area contributed by atoms with E-state index in [4.69, 9.17) is 0 Å². The van der Waals surface area contributed by atoms with E-state index in [2.05, 4.69) is 18.7 Å². The highest BCUT2D eigenvalue weighted by Gasteiger charge is 2.30. The van der Waals surface area contributed by atoms with Gasteiger partial charge in [0.25, 0.3) is 0 Å². The van der Waals surface area contributed by atoms with Gasteiger partial charge < -0.3 is 0 Å². The van der Waals surface area contributed by atoms with Gasteiger partial charge >= 0.3 is 0 Å². The Labute approximate surface area is 141 Å². The molecule has 0 spiro atoms. The van der Waals surface area contributed by atoms with E-state index in [0.717, 1.165) is 29.7 Å². The second-order valence-electron chi connectivity index (χ2n) is 7.73. The molecule has 2 saturated carbocycles. The van der Waals surface area contributed by atoms with Crippen molar-refractivity contribution in [2.45, 2.75) is 70.6 Å². The standard InChI is InChI=1S/C22H31F/c1-3-16-5-7-18(8-6-16)19-10-12-20(13-11-19)21-14-9-17(4-2)22(23)15-21/h3,9,14-16,18-20H,1,4-8,10-13H2,2H3. The van der Waals surface area contributed by atoms with Crippen molar-refractivity contribution in [3.63, 3.8) is 0 Å². The summed E-state index contributed by atoms with van der Waals surface area (Å²) >= 11 is 0. The molecule has 1 aromatic rings. The van der Waals surface area contributed by atoms with Gasteiger partial charge in [-0.3, -0.25) is 0 Å². The van der Waals surface area contributed by atoms with Gasteiger partial charge in [-0.05, 0) is 98.7 Å². The average molecular weight is 314 g/mol. The van der Waals surface area contributed by atoms with Crippen molar-refractivity contribution in [1.82, 2.24) is 0 Å². The van der Waals surface area contributed by atoms with E-state index in [0.29, 0.717) is 5.92 Å². The second kappa shape index (κ2) is 7.64. The predicted octanol–water partition coefficient (Wildman–Crippen LogP) is 6.65. The largest absolute Gasteiger partial charge is 0.207 e. The van der Waals surface area contributed by atoms with Crippen LogP contribution < -0.4 is 0 Å². The molecule has 2 aliphatic rings. The third-order valence-corrected chi connectivity index (χ3v) is 6.52. The summed E-state index contributed by atoms with van der Waals surface area (Å²) in [7, 11) is 0. The highest BCUT2D eigenvalue weighted by Crippen LogP contribution is 2.44. The van der Waals surface area contributed by atoms with Crippen molar-refractivity contribution in [2.75, 3.05) is 0 Å². The predicted molar refractivity (Wildman–Crippen MR) is 96.1 cm³/mol. The lowest BCUT2D eigenvalue weighted by atomic mass is 9.68. The van der Waals surface area contributed by atoms with E-state index >= 15 is 0 Å². The number of benzene rings is 1. The van der Waals surface area contributed by atoms with Crippen molar-refractivity contribution >= 4 is 0 Å². The lowest BCUT2D eigenvalue weighted by Gasteiger charge is -2.37. The molecule has 0 saturated heterocycles. The van der Waals surface area contributed by atoms with Gasteiger partial charge in [0.05, 0.1) is 0 Å². The van der Waals surface area contributed by atoms with Crippen LogP contribution in [0.15, 0.2) is 30.9 Å². The number of halogens is 1. The van der Waals surface area contributed by atoms with E-state index in [1.807, 2.05) is 13.0 Å². The first-order valence-electron chi connectivity index (χ1n) is 9.62. The molecule has 0 bridgehead atoms. The molecule has 0 aromatic heterocycles. The zero-order chi connectivity index (χ0) is 16.2. The number of aryl methyl sites for hydroxylation is 1. The quantitative estimate of drug-likeness (QED) is 0.545. The first-order valence-corrected chi connectivity index (χ1v) is 9.62. The van der Waals surface area contributed by atoms with E-state index in [9.17, 15) is 4.39 Å². The van der Waals surface area contributed by atoms with E-state index in [1.165, 1.54) is 56.9 Å². The summed E-state index contributed by atoms with van der Waals surface area (Å²) in [5.74, 6) is 3.19. The third kappa shape index (κ3) is 3.87. The van der Waals surface area contributed by atoms with Crippen LogP contribution in [0.2, 0.25) is 0 Å². The fourth-order valence-electron chi connectivity index (χ4n) is 4.88. The van der Waals surface area contributed by atoms with Gasteiger partial charge in [0, 0.05) is 0 Å². The van der Waals surface area contributed by atoms with E-state index in [-0.39, 0.29) is 5.82 Å². The minimum atomic E-state index is -0.00475. The first kappa shape index (κ1) is 16.7. The molecule has 1 heteroatoms. The zero-order valence-corrected chi connectivity index (χ0v) is 14.6. The maximum atomic E-state index is 14.0. The van der Waals surface area contributed by atoms with Crippen LogP contribution in [0.5, 0.6) is 0 Å². The molecular formula is C22H31F. The summed E-state index contributed by atoms with van der Waals surface area (Å²) in [6, 6.07) is 5.97. The zero-order valence-electron chi connectivity index (χ0n) is 14.6. The van der Waals surface area contributed by atoms with Crippen LogP contribution in [0.4, 0.5) is 4.39 Å². The maximum Gasteiger partial charge on any atom is 0.126 e. The smallest absolute Gasteiger partial charge is 0.126 e. The Kier molecular flexibility index (Phi) is 5.56. The van der Waals surface area contributed by atoms with Crippen LogP contribution in [0.1, 0.15) is 75.3 Å². The molecule has 23 heavy (non-hydrogen) atoms. The summed E-state index contributed by atoms with van der Waals surface area (Å²) in [5.41, 5.74) is 2.08. The van der Waals surface area contributed by atoms with Crippen molar-refractivity contribution in [1.29, 1.82) is 0 Å². The van der Waals surface area contributed by atoms with Gasteiger partial charge in [-0.2, -0.15) is 0 Å². The fourth-order valence-corrected chi connectivity index (χ4v) is 4.88. The van der Waals surface area contributed by atoms with E-state index in [1.54, 1.807) is 6.07 Å². The van der Waals surface area contributed by atoms with Crippen molar-refractivity contribution in [2.24, 2.45) is 17.8 Å². The molecule has 0 aliphatic heterocycles. The fraction of sp³-hybridized carbons (Fsp3) is 0.636. The molecule has 0 nitrogen and oxygen atoms in total. The lowest BCUT2D eigenvalue weighted by molar-refractivity contribution is 0.171. The lowest BCUT2D eigenvalue weighted by Crippen LogP contribution is -2.25. The molecule has 2 fully saturated rings. The van der Waals surface area contributed by atoms with Crippen molar-refractivity contribution in [3.8, 4) is 0 Å². The monoisotopic (exact) mass is 314 g/mol. The van der Waals surface area contributed by atoms with Gasteiger partial charge in [0.1, 0.15) is 5.82 Å². The molecule has 0 radical (unpaired) electrons. The molecule has 0 N–H and O–H groups in total. The van der Waals surface area contributed by atoms with Crippen LogP contribution >= 0.6 is 0 Å². The van der Waals surface area contributed by atoms with Crippen LogP contribution in [0, 0.1) is 23.6 Å². The Morgan fingerprint density at radius 3 is 2.13 bits per heavy atom. The number of allylic oxidation sites excluding steroid dienone is 1. The highest BCUT2D eigenvalue weighted by molar-refractivity contribution is 5.27. The third-order valence-electron chi connectivity index (χ3n) is 6.52. The molecular weight excluding hydrogens is 283 g/mol. The Bertz CT molecular complexity index is 517. The molecule has 0 unspecified atom stereocenters. The Morgan fingerprint density at radius 2 is 1.61 bits per heavy atom. The topological polar surface area (TPSA) is 0 Å². The Balaban J connectivity index is 1.54. The number of hydrogen-bond acceptors (Lipinski definition) is 0. The average Bonchev–Trinajstić information content (AvgIpc) is 2.62. The Hall–Kier alpha value is -1.11. The van der Waals surface area contributed by atoms with Crippen LogP contribution in [0.3, 0.4) is 0 Å². The highest BCUT2D eigenvalue weighted by atomic mass is 19.1. The van der Waals surface area contributed by atoms with Crippen LogP contribution in [-0.2, 0) is 6.42 Å². The number of rotatable bonds is 4. The molecule has 126 valence electrons. The number of hydrogen-bond donors (Lipinski definition) is 0. The first-order chi connectivity index (χ1) is 11.2. The minimum absolute atomic E-state index is 0.00475. The SMILES string of the molecule is C=CC1CCC(C2CCC(c3ccc(CC)c(F)c3)CC2)CC1. The van der Waals surface area contributed by atoms with Crippen LogP contribution in [-0.4, -0.2) is 0 Å². The molecule has 2 aliphatic carbocycles. The molecule has 0 atom stereocenters. The van der Waals surface area contributed by atoms with Crippen molar-refractivity contribution in [3.05, 3.63) is 47.8 Å². The van der Waals surface area contributed by atoms with Gasteiger partial charge in [-0.25, -0.2) is 4.39 Å². The van der Waals surface area contributed by atoms with Gasteiger partial charge in [-0.15, -0.1) is 6.58 Å². The van der Waals surface area contributed by atoms with E-state index < -0.39 is 0 Å². The summed E-state index contributed by atoms with van der Waals surface area (Å²) in [6.45, 7) is 5.97. The van der Waals surface area contributed by atoms with Crippen molar-refractivity contribution < 1.29 is 4.39 Å². The second-order valence-corrected chi connectivity index (χ2v) is 7.73. The van der Waals surface area contributed by atoms with Crippen LogP contribution in [0.25, 0.3) is 0 Å². The van der Waals surface area contributed by atoms with Gasteiger partial charge in [0.2, 0.25) is 0 Å². The Morgan fingerprint density at radius 1 is 1.00 bits per heavy atom. The maximum absolute atomic E-state index is 14.0. The molecule has 0 heterocycles. The summed E-state index contributed by atoms with van der Waals surface area (Å²) in [6.07, 6.45) is 13.6. The summed E-state index contributed by atoms with van der Waals surface area (Å²) in [4.78, 5) is 0. The molecule has 3 rings (SSSR count). The normalized spacial score (nSPS) is 31.7.